The third kappa shape index (κ3) is 10.4. The number of aliphatic hydroxyl groups is 1. The summed E-state index contributed by atoms with van der Waals surface area (Å²) in [4.78, 5) is 48.8. The highest BCUT2D eigenvalue weighted by molar-refractivity contribution is 6.62. The van der Waals surface area contributed by atoms with Crippen LogP contribution >= 0.6 is 58.0 Å². The summed E-state index contributed by atoms with van der Waals surface area (Å²) in [7, 11) is 6.31. The SMILES string of the molecule is CC1NC(=O)C(c2cc(-n3cc(Cl)cn3)ccc2Cl)=C1O.CC1NC(=O)C(c2cc(-n3cc(Cl)cn3)ccc2Cl)=C1OC(=O)N(C)C.CN(C)C(=O)Cl.[Cl-]. The van der Waals surface area contributed by atoms with Crippen LogP contribution in [0.5, 0.6) is 0 Å². The maximum absolute atomic E-state index is 12.5. The molecule has 20 heteroatoms. The minimum absolute atomic E-state index is 0. The van der Waals surface area contributed by atoms with E-state index in [2.05, 4.69) is 20.8 Å². The summed E-state index contributed by atoms with van der Waals surface area (Å²) in [5.74, 6) is -0.502. The van der Waals surface area contributed by atoms with E-state index in [9.17, 15) is 24.3 Å². The van der Waals surface area contributed by atoms with Gasteiger partial charge in [-0.2, -0.15) is 10.2 Å². The van der Waals surface area contributed by atoms with Gasteiger partial charge in [-0.25, -0.2) is 14.2 Å². The average Bonchev–Trinajstić information content (AvgIpc) is 3.85. The normalized spacial score (nSPS) is 16.0. The number of amides is 4. The molecule has 14 nitrogen and oxygen atoms in total. The fourth-order valence-electron chi connectivity index (χ4n) is 4.75. The number of aromatic nitrogens is 4. The van der Waals surface area contributed by atoms with Crippen LogP contribution in [-0.4, -0.2) is 98.0 Å². The maximum Gasteiger partial charge on any atom is 0.414 e. The Bertz CT molecular complexity index is 2130. The summed E-state index contributed by atoms with van der Waals surface area (Å²) >= 11 is 29.2. The molecule has 3 N–H and O–H groups in total. The molecule has 0 fully saturated rings. The molecular formula is C34H33Cl6N8O6-. The number of benzene rings is 2. The van der Waals surface area contributed by atoms with Gasteiger partial charge in [-0.3, -0.25) is 14.4 Å². The summed E-state index contributed by atoms with van der Waals surface area (Å²) < 4.78 is 8.53. The fourth-order valence-corrected chi connectivity index (χ4v) is 5.45. The molecule has 54 heavy (non-hydrogen) atoms. The molecule has 2 unspecified atom stereocenters. The summed E-state index contributed by atoms with van der Waals surface area (Å²) in [6.45, 7) is 3.43. The number of nitrogens with one attached hydrogen (secondary N) is 2. The Balaban J connectivity index is 0.000000252. The number of nitrogens with zero attached hydrogens (tertiary/aromatic N) is 6. The van der Waals surface area contributed by atoms with Crippen molar-refractivity contribution in [1.82, 2.24) is 40.0 Å². The van der Waals surface area contributed by atoms with Gasteiger partial charge in [0.15, 0.2) is 0 Å². The molecule has 2 aromatic heterocycles. The zero-order chi connectivity index (χ0) is 39.3. The lowest BCUT2D eigenvalue weighted by Crippen LogP contribution is -3.00. The molecule has 2 aliphatic heterocycles. The van der Waals surface area contributed by atoms with E-state index in [4.69, 9.17) is 62.7 Å². The molecular weight excluding hydrogens is 829 g/mol. The second-order valence-electron chi connectivity index (χ2n) is 11.8. The topological polar surface area (TPSA) is 164 Å². The molecule has 0 bridgehead atoms. The van der Waals surface area contributed by atoms with Gasteiger partial charge in [-0.15, -0.1) is 0 Å². The molecule has 0 radical (unpaired) electrons. The van der Waals surface area contributed by atoms with Crippen LogP contribution in [0.3, 0.4) is 0 Å². The van der Waals surface area contributed by atoms with Crippen molar-refractivity contribution in [2.75, 3.05) is 28.2 Å². The molecule has 288 valence electrons. The largest absolute Gasteiger partial charge is 1.00 e. The zero-order valence-electron chi connectivity index (χ0n) is 29.4. The van der Waals surface area contributed by atoms with Gasteiger partial charge in [0.1, 0.15) is 11.5 Å². The monoisotopic (exact) mass is 859 g/mol. The van der Waals surface area contributed by atoms with Crippen molar-refractivity contribution in [3.8, 4) is 11.4 Å². The quantitative estimate of drug-likeness (QED) is 0.201. The molecule has 2 atom stereocenters. The van der Waals surface area contributed by atoms with Crippen LogP contribution in [0.4, 0.5) is 9.59 Å². The molecule has 4 heterocycles. The van der Waals surface area contributed by atoms with Crippen LogP contribution in [0.2, 0.25) is 20.1 Å². The van der Waals surface area contributed by atoms with Crippen molar-refractivity contribution in [3.05, 3.63) is 104 Å². The van der Waals surface area contributed by atoms with Gasteiger partial charge in [-0.1, -0.05) is 46.4 Å². The van der Waals surface area contributed by atoms with E-state index in [-0.39, 0.29) is 46.9 Å². The Hall–Kier alpha value is -4.44. The van der Waals surface area contributed by atoms with E-state index >= 15 is 0 Å². The van der Waals surface area contributed by atoms with Crippen molar-refractivity contribution in [1.29, 1.82) is 0 Å². The van der Waals surface area contributed by atoms with E-state index < -0.39 is 23.5 Å². The van der Waals surface area contributed by atoms with E-state index in [0.717, 1.165) is 0 Å². The predicted octanol–water partition coefficient (Wildman–Crippen LogP) is 3.98. The van der Waals surface area contributed by atoms with Crippen molar-refractivity contribution in [3.63, 3.8) is 0 Å². The van der Waals surface area contributed by atoms with Crippen LogP contribution in [0.1, 0.15) is 25.0 Å². The predicted molar refractivity (Wildman–Crippen MR) is 204 cm³/mol. The van der Waals surface area contributed by atoms with Gasteiger partial charge in [0.25, 0.3) is 11.8 Å². The van der Waals surface area contributed by atoms with E-state index in [0.29, 0.717) is 42.6 Å². The van der Waals surface area contributed by atoms with Crippen molar-refractivity contribution < 1.29 is 41.4 Å². The summed E-state index contributed by atoms with van der Waals surface area (Å²) in [5, 5.41) is 25.0. The van der Waals surface area contributed by atoms with Crippen LogP contribution < -0.4 is 23.0 Å². The number of carbonyl (C=O) groups is 4. The maximum atomic E-state index is 12.5. The number of ether oxygens (including phenoxy) is 1. The second kappa shape index (κ2) is 18.7. The first-order valence-electron chi connectivity index (χ1n) is 15.4. The molecule has 0 saturated heterocycles. The van der Waals surface area contributed by atoms with Crippen molar-refractivity contribution >= 4 is 92.4 Å². The van der Waals surface area contributed by atoms with Gasteiger partial charge in [0.05, 0.1) is 57.0 Å². The van der Waals surface area contributed by atoms with Crippen LogP contribution in [0.15, 0.2) is 72.7 Å². The van der Waals surface area contributed by atoms with Gasteiger partial charge in [0.2, 0.25) is 0 Å². The van der Waals surface area contributed by atoms with Crippen molar-refractivity contribution in [2.45, 2.75) is 25.9 Å². The standard InChI is InChI=1S/C17H16Cl2N4O3.C14H11Cl2N3O2.C3H6ClNO.ClH/c1-9-15(26-17(25)22(2)3)14(16(24)21-9)12-6-11(4-5-13(12)19)23-8-10(18)7-20-23;1-7-13(20)12(14(21)18-7)10-4-9(2-3-11(10)16)19-6-8(15)5-17-19;1-5(2)3(4)6;/h4-9H,1-3H3,(H,21,24);2-7,20H,1H3,(H,18,21);1-2H3;1H/p-1. The minimum atomic E-state index is -0.577. The number of hydrogen-bond acceptors (Lipinski definition) is 8. The molecule has 0 saturated carbocycles. The fraction of sp³-hybridized carbons (Fsp3) is 0.235. The number of rotatable bonds is 5. The number of hydrogen-bond donors (Lipinski definition) is 3. The Labute approximate surface area is 341 Å². The molecule has 0 aliphatic carbocycles. The molecule has 2 aliphatic rings. The molecule has 4 aromatic rings. The molecule has 0 spiro atoms. The average molecular weight is 862 g/mol. The van der Waals surface area contributed by atoms with E-state index in [1.165, 1.54) is 22.2 Å². The third-order valence-electron chi connectivity index (χ3n) is 7.44. The third-order valence-corrected chi connectivity index (χ3v) is 8.83. The lowest BCUT2D eigenvalue weighted by Gasteiger charge is -2.15. The lowest BCUT2D eigenvalue weighted by atomic mass is 10.0. The van der Waals surface area contributed by atoms with Gasteiger partial charge < -0.3 is 42.7 Å². The number of halogens is 6. The van der Waals surface area contributed by atoms with Gasteiger partial charge in [-0.05, 0) is 61.8 Å². The highest BCUT2D eigenvalue weighted by atomic mass is 35.5. The number of carbonyl (C=O) groups excluding carboxylic acids is 4. The summed E-state index contributed by atoms with van der Waals surface area (Å²) in [6, 6.07) is 9.30. The van der Waals surface area contributed by atoms with E-state index in [1.807, 2.05) is 0 Å². The zero-order valence-corrected chi connectivity index (χ0v) is 33.9. The van der Waals surface area contributed by atoms with Crippen LogP contribution in [0, 0.1) is 0 Å². The van der Waals surface area contributed by atoms with Gasteiger partial charge >= 0.3 is 11.5 Å². The summed E-state index contributed by atoms with van der Waals surface area (Å²) in [6.07, 6.45) is 5.71. The molecule has 4 amide bonds. The first-order valence-corrected chi connectivity index (χ1v) is 17.3. The highest BCUT2D eigenvalue weighted by Gasteiger charge is 2.35. The Morgan fingerprint density at radius 1 is 0.759 bits per heavy atom. The van der Waals surface area contributed by atoms with Gasteiger partial charge in [0, 0.05) is 61.8 Å². The summed E-state index contributed by atoms with van der Waals surface area (Å²) in [5.41, 5.74) is 2.66. The Morgan fingerprint density at radius 2 is 1.19 bits per heavy atom. The second-order valence-corrected chi connectivity index (χ2v) is 13.8. The molecule has 2 aromatic carbocycles. The Morgan fingerprint density at radius 3 is 1.56 bits per heavy atom. The van der Waals surface area contributed by atoms with Crippen LogP contribution in [-0.2, 0) is 14.3 Å². The van der Waals surface area contributed by atoms with Crippen LogP contribution in [0.25, 0.3) is 22.5 Å². The lowest BCUT2D eigenvalue weighted by molar-refractivity contribution is -0.116. The first-order chi connectivity index (χ1) is 24.9. The first kappa shape index (κ1) is 44.0. The number of aliphatic hydroxyl groups excluding tert-OH is 1. The smallest absolute Gasteiger partial charge is 0.414 e. The van der Waals surface area contributed by atoms with Crippen molar-refractivity contribution in [2.24, 2.45) is 0 Å². The minimum Gasteiger partial charge on any atom is -1.00 e. The van der Waals surface area contributed by atoms with E-state index in [1.54, 1.807) is 100 Å². The molecule has 6 rings (SSSR count). The highest BCUT2D eigenvalue weighted by Crippen LogP contribution is 2.35. The Kier molecular flexibility index (Phi) is 15.3.